The lowest BCUT2D eigenvalue weighted by Gasteiger charge is -2.26. The molecule has 0 atom stereocenters. The van der Waals surface area contributed by atoms with Crippen molar-refractivity contribution in [1.29, 1.82) is 0 Å². The van der Waals surface area contributed by atoms with Gasteiger partial charge in [-0.25, -0.2) is 0 Å². The molecule has 0 aliphatic heterocycles. The molecule has 0 radical (unpaired) electrons. The number of hydrogen-bond donors (Lipinski definition) is 1. The zero-order valence-corrected chi connectivity index (χ0v) is 52.8. The number of nitrogens with zero attached hydrogens (tertiary/aromatic N) is 2. The maximum absolute atomic E-state index is 12.2. The van der Waals surface area contributed by atoms with Crippen molar-refractivity contribution in [1.82, 2.24) is 9.97 Å². The van der Waals surface area contributed by atoms with E-state index >= 15 is 0 Å². The topological polar surface area (TPSA) is 86.5 Å². The molecule has 0 unspecified atom stereocenters. The number of rotatable bonds is 8. The molecule has 0 aliphatic rings. The molecule has 1 N–H and O–H groups in total. The van der Waals surface area contributed by atoms with Gasteiger partial charge >= 0.3 is 0 Å². The summed E-state index contributed by atoms with van der Waals surface area (Å²) in [4.78, 5) is 23.7. The lowest BCUT2D eigenvalue weighted by atomic mass is 9.78. The summed E-state index contributed by atoms with van der Waals surface area (Å²) in [6.45, 7) is 45.9. The smallest absolute Gasteiger partial charge is 0.255 e. The minimum Gasteiger partial charge on any atom is -0.466 e. The molecule has 81 heavy (non-hydrogen) atoms. The van der Waals surface area contributed by atoms with Gasteiger partial charge in [0.25, 0.3) is 5.91 Å². The fraction of sp³-hybridized carbons (Fsp3) is 0.329. The third kappa shape index (κ3) is 18.2. The van der Waals surface area contributed by atoms with Gasteiger partial charge in [0.15, 0.2) is 0 Å². The Hall–Kier alpha value is -7.55. The van der Waals surface area contributed by atoms with Gasteiger partial charge in [-0.05, 0) is 289 Å². The van der Waals surface area contributed by atoms with Crippen LogP contribution >= 0.6 is 11.3 Å². The van der Waals surface area contributed by atoms with Crippen molar-refractivity contribution in [3.63, 3.8) is 0 Å². The van der Waals surface area contributed by atoms with Crippen LogP contribution in [0.1, 0.15) is 154 Å². The predicted molar refractivity (Wildman–Crippen MR) is 345 cm³/mol. The number of furan rings is 1. The van der Waals surface area contributed by atoms with E-state index in [2.05, 4.69) is 154 Å². The first kappa shape index (κ1) is 66.0. The number of aromatic nitrogens is 2. The number of amides is 1. The van der Waals surface area contributed by atoms with E-state index in [1.54, 1.807) is 0 Å². The summed E-state index contributed by atoms with van der Waals surface area (Å²) >= 11 is 1.90. The summed E-state index contributed by atoms with van der Waals surface area (Å²) in [5, 5.41) is 2.93. The number of aryl methyl sites for hydroxylation is 16. The zero-order chi connectivity index (χ0) is 59.3. The van der Waals surface area contributed by atoms with Gasteiger partial charge in [0.2, 0.25) is 0 Å². The maximum atomic E-state index is 12.2. The molecule has 8 heteroatoms. The van der Waals surface area contributed by atoms with Crippen molar-refractivity contribution >= 4 is 22.9 Å². The molecule has 1 amide bonds. The van der Waals surface area contributed by atoms with Gasteiger partial charge in [-0.1, -0.05) is 69.8 Å². The van der Waals surface area contributed by atoms with Gasteiger partial charge in [0, 0.05) is 26.4 Å². The molecule has 3 aromatic heterocycles. The second-order valence-corrected chi connectivity index (χ2v) is 23.3. The van der Waals surface area contributed by atoms with E-state index in [-0.39, 0.29) is 18.7 Å². The van der Waals surface area contributed by atoms with E-state index in [0.717, 1.165) is 68.5 Å². The summed E-state index contributed by atoms with van der Waals surface area (Å²) in [7, 11) is 0. The van der Waals surface area contributed by atoms with Crippen molar-refractivity contribution in [2.24, 2.45) is 0 Å². The minimum atomic E-state index is -0.141. The Balaban J connectivity index is 0.000000246. The van der Waals surface area contributed by atoms with Crippen molar-refractivity contribution < 1.29 is 18.7 Å². The molecule has 9 aromatic rings. The van der Waals surface area contributed by atoms with Crippen LogP contribution in [0.4, 0.5) is 5.69 Å². The molecule has 7 nitrogen and oxygen atoms in total. The Morgan fingerprint density at radius 3 is 1.05 bits per heavy atom. The van der Waals surface area contributed by atoms with Crippen LogP contribution in [0.3, 0.4) is 0 Å². The minimum absolute atomic E-state index is 0. The predicted octanol–water partition coefficient (Wildman–Crippen LogP) is 20.8. The van der Waals surface area contributed by atoms with Crippen LogP contribution < -0.4 is 14.8 Å². The first-order valence-electron chi connectivity index (χ1n) is 27.6. The number of ether oxygens (including phenoxy) is 2. The molecular weight excluding hydrogens is 1010 g/mol. The Morgan fingerprint density at radius 1 is 0.407 bits per heavy atom. The summed E-state index contributed by atoms with van der Waals surface area (Å²) < 4.78 is 17.5. The van der Waals surface area contributed by atoms with Gasteiger partial charge < -0.3 is 19.2 Å². The Labute approximate surface area is 491 Å². The zero-order valence-electron chi connectivity index (χ0n) is 52.0. The Bertz CT molecular complexity index is 3310. The molecule has 428 valence electrons. The standard InChI is InChI=1S/C31H32O2.C17H19NO.C8H12N2.C8H12O.C8H12S.CH4/c1-21-7-13-29(19-23(21)3)32-27-15-9-25(10-16-27)31(5,6)26-11-17-28(18-12-26)33-30-14-8-22(2)24(4)20-30;1-11-5-7-15(9-13(11)3)17(19)18-16-8-6-12(2)14(4)10-16;1-5-6(2)10-8(4)7(3)9-5;2*1-5-6(2)8(4)9-7(5)3;/h7-20H,1-6H3;5-10H,1-4H3,(H,18,19);1-4H3;2*1-4H3;1H4. The summed E-state index contributed by atoms with van der Waals surface area (Å²) in [5.41, 5.74) is 23.2. The van der Waals surface area contributed by atoms with Gasteiger partial charge in [0.05, 0.1) is 22.8 Å². The van der Waals surface area contributed by atoms with Crippen LogP contribution in [0.25, 0.3) is 0 Å². The van der Waals surface area contributed by atoms with Gasteiger partial charge in [-0.2, -0.15) is 0 Å². The number of benzene rings is 6. The number of carbonyl (C=O) groups excluding carboxylic acids is 1. The van der Waals surface area contributed by atoms with Crippen LogP contribution in [0.5, 0.6) is 23.0 Å². The average Bonchev–Trinajstić information content (AvgIpc) is 3.78. The molecule has 3 heterocycles. The van der Waals surface area contributed by atoms with Gasteiger partial charge in [-0.3, -0.25) is 14.8 Å². The normalized spacial score (nSPS) is 10.5. The van der Waals surface area contributed by atoms with Crippen molar-refractivity contribution in [3.8, 4) is 23.0 Å². The lowest BCUT2D eigenvalue weighted by Crippen LogP contribution is -2.18. The third-order valence-electron chi connectivity index (χ3n) is 15.7. The highest BCUT2D eigenvalue weighted by Gasteiger charge is 2.23. The number of thiophene rings is 1. The quantitative estimate of drug-likeness (QED) is 0.163. The highest BCUT2D eigenvalue weighted by molar-refractivity contribution is 7.12. The molecule has 0 bridgehead atoms. The van der Waals surface area contributed by atoms with Crippen molar-refractivity contribution in [2.75, 3.05) is 5.32 Å². The van der Waals surface area contributed by atoms with Crippen LogP contribution in [0.15, 0.2) is 126 Å². The van der Waals surface area contributed by atoms with E-state index in [1.807, 2.05) is 146 Å². The third-order valence-corrected chi connectivity index (χ3v) is 16.9. The second kappa shape index (κ2) is 29.2. The maximum Gasteiger partial charge on any atom is 0.255 e. The van der Waals surface area contributed by atoms with Crippen LogP contribution in [-0.4, -0.2) is 15.9 Å². The molecule has 0 saturated heterocycles. The average molecular weight is 1110 g/mol. The van der Waals surface area contributed by atoms with E-state index in [4.69, 9.17) is 13.9 Å². The van der Waals surface area contributed by atoms with E-state index in [9.17, 15) is 4.79 Å². The molecule has 0 saturated carbocycles. The van der Waals surface area contributed by atoms with Crippen LogP contribution in [0, 0.1) is 138 Å². The van der Waals surface area contributed by atoms with Gasteiger partial charge in [0.1, 0.15) is 34.5 Å². The number of nitrogens with one attached hydrogen (secondary N) is 1. The highest BCUT2D eigenvalue weighted by atomic mass is 32.1. The molecule has 9 rings (SSSR count). The van der Waals surface area contributed by atoms with Crippen molar-refractivity contribution in [2.45, 2.75) is 165 Å². The Morgan fingerprint density at radius 2 is 0.741 bits per heavy atom. The molecule has 0 spiro atoms. The van der Waals surface area contributed by atoms with Crippen LogP contribution in [-0.2, 0) is 5.41 Å². The summed E-state index contributed by atoms with van der Waals surface area (Å²) in [6.07, 6.45) is 0. The molecule has 0 fully saturated rings. The van der Waals surface area contributed by atoms with E-state index < -0.39 is 0 Å². The fourth-order valence-corrected chi connectivity index (χ4v) is 9.50. The highest BCUT2D eigenvalue weighted by Crippen LogP contribution is 2.35. The number of anilines is 1. The first-order chi connectivity index (χ1) is 37.5. The summed E-state index contributed by atoms with van der Waals surface area (Å²) in [5.74, 6) is 5.44. The Kier molecular flexibility index (Phi) is 23.8. The van der Waals surface area contributed by atoms with Crippen molar-refractivity contribution in [3.05, 3.63) is 249 Å². The fourth-order valence-electron chi connectivity index (χ4n) is 8.43. The lowest BCUT2D eigenvalue weighted by molar-refractivity contribution is 0.102. The number of carbonyl (C=O) groups is 1. The van der Waals surface area contributed by atoms with E-state index in [1.165, 1.54) is 82.1 Å². The molecular formula is C73H91N3O4S. The monoisotopic (exact) mass is 1110 g/mol. The summed E-state index contributed by atoms with van der Waals surface area (Å²) in [6, 6.07) is 40.9. The largest absolute Gasteiger partial charge is 0.466 e. The van der Waals surface area contributed by atoms with Gasteiger partial charge in [-0.15, -0.1) is 11.3 Å². The number of hydrogen-bond acceptors (Lipinski definition) is 7. The second-order valence-electron chi connectivity index (χ2n) is 21.9. The first-order valence-corrected chi connectivity index (χ1v) is 28.4. The van der Waals surface area contributed by atoms with Crippen LogP contribution in [0.2, 0.25) is 0 Å². The molecule has 0 aliphatic carbocycles. The van der Waals surface area contributed by atoms with E-state index in [0.29, 0.717) is 5.56 Å². The molecule has 6 aromatic carbocycles. The SMILES string of the molecule is C.Cc1ccc(NC(=O)c2ccc(C)c(C)c2)cc1C.Cc1ccc(Oc2ccc(C(C)(C)c3ccc(Oc4ccc(C)c(C)c4)cc3)cc2)cc1C.Cc1nc(C)c(C)nc1C.Cc1oc(C)c(C)c1C.Cc1sc(C)c(C)c1C.